The van der Waals surface area contributed by atoms with Crippen LogP contribution in [0, 0.1) is 11.6 Å². The Morgan fingerprint density at radius 1 is 0.692 bits per heavy atom. The van der Waals surface area contributed by atoms with Crippen molar-refractivity contribution in [3.05, 3.63) is 83.4 Å². The predicted molar refractivity (Wildman–Crippen MR) is 92.8 cm³/mol. The van der Waals surface area contributed by atoms with Gasteiger partial charge in [0.25, 0.3) is 0 Å². The van der Waals surface area contributed by atoms with Gasteiger partial charge in [-0.25, -0.2) is 18.4 Å². The fraction of sp³-hybridized carbons (Fsp3) is 0.100. The maximum absolute atomic E-state index is 12.7. The molecule has 0 unspecified atom stereocenters. The summed E-state index contributed by atoms with van der Waals surface area (Å²) in [7, 11) is 0. The van der Waals surface area contributed by atoms with Gasteiger partial charge in [0.2, 0.25) is 0 Å². The van der Waals surface area contributed by atoms with Crippen LogP contribution in [0.5, 0.6) is 0 Å². The number of carbonyl (C=O) groups is 2. The molecule has 26 heavy (non-hydrogen) atoms. The van der Waals surface area contributed by atoms with Crippen molar-refractivity contribution >= 4 is 24.1 Å². The average Bonchev–Trinajstić information content (AvgIpc) is 2.64. The summed E-state index contributed by atoms with van der Waals surface area (Å²) in [5, 5.41) is 0. The molecule has 6 heteroatoms. The largest absolute Gasteiger partial charge is 0.459 e. The average molecular weight is 358 g/mol. The minimum atomic E-state index is -0.604. The number of esters is 2. The molecule has 0 N–H and O–H groups in total. The topological polar surface area (TPSA) is 52.6 Å². The third kappa shape index (κ3) is 7.09. The Kier molecular flexibility index (Phi) is 7.24. The maximum atomic E-state index is 12.7. The number of carbonyl (C=O) groups excluding carboxylic acids is 2. The van der Waals surface area contributed by atoms with Crippen molar-refractivity contribution in [3.63, 3.8) is 0 Å². The Morgan fingerprint density at radius 2 is 1.04 bits per heavy atom. The first-order chi connectivity index (χ1) is 12.5. The van der Waals surface area contributed by atoms with Crippen LogP contribution >= 0.6 is 0 Å². The molecule has 4 nitrogen and oxygen atoms in total. The molecular weight excluding hydrogens is 342 g/mol. The molecule has 0 bridgehead atoms. The molecule has 0 aliphatic heterocycles. The van der Waals surface area contributed by atoms with Gasteiger partial charge in [-0.2, -0.15) is 0 Å². The molecule has 0 atom stereocenters. The highest BCUT2D eigenvalue weighted by Crippen LogP contribution is 2.05. The number of benzene rings is 2. The zero-order valence-electron chi connectivity index (χ0n) is 13.7. The van der Waals surface area contributed by atoms with E-state index in [1.165, 1.54) is 72.8 Å². The quantitative estimate of drug-likeness (QED) is 0.429. The maximum Gasteiger partial charge on any atom is 0.330 e. The Morgan fingerprint density at radius 3 is 1.38 bits per heavy atom. The molecule has 2 aromatic rings. The number of ether oxygens (including phenoxy) is 2. The summed E-state index contributed by atoms with van der Waals surface area (Å²) < 4.78 is 35.2. The molecule has 0 aromatic heterocycles. The van der Waals surface area contributed by atoms with Crippen molar-refractivity contribution < 1.29 is 27.8 Å². The van der Waals surface area contributed by atoms with Crippen molar-refractivity contribution in [3.8, 4) is 0 Å². The Bertz CT molecular complexity index is 724. The summed E-state index contributed by atoms with van der Waals surface area (Å²) in [5.74, 6) is -1.93. The van der Waals surface area contributed by atoms with Gasteiger partial charge in [0, 0.05) is 12.2 Å². The molecule has 0 fully saturated rings. The summed E-state index contributed by atoms with van der Waals surface area (Å²) in [6.07, 6.45) is 5.37. The molecule has 0 heterocycles. The van der Waals surface area contributed by atoms with Gasteiger partial charge < -0.3 is 9.47 Å². The summed E-state index contributed by atoms with van der Waals surface area (Å²) in [6, 6.07) is 11.2. The van der Waals surface area contributed by atoms with Crippen molar-refractivity contribution in [2.45, 2.75) is 0 Å². The van der Waals surface area contributed by atoms with Crippen LogP contribution in [0.2, 0.25) is 0 Å². The minimum absolute atomic E-state index is 0.0945. The van der Waals surface area contributed by atoms with Gasteiger partial charge in [-0.3, -0.25) is 0 Å². The summed E-state index contributed by atoms with van der Waals surface area (Å²) in [4.78, 5) is 23.0. The van der Waals surface area contributed by atoms with E-state index in [0.717, 1.165) is 0 Å². The lowest BCUT2D eigenvalue weighted by Gasteiger charge is -2.02. The SMILES string of the molecule is O=C(C=Cc1ccc(F)cc1)OCCOC(=O)C=Cc1ccc(F)cc1. The standard InChI is InChI=1S/C20H16F2O4/c21-17-7-1-15(2-8-17)5-11-19(23)25-13-14-26-20(24)12-6-16-3-9-18(22)10-4-16/h1-12H,13-14H2. The first kappa shape index (κ1) is 19.1. The van der Waals surface area contributed by atoms with Gasteiger partial charge in [0.05, 0.1) is 0 Å². The molecular formula is C20H16F2O4. The van der Waals surface area contributed by atoms with Crippen molar-refractivity contribution in [1.29, 1.82) is 0 Å². The second-order valence-corrected chi connectivity index (χ2v) is 5.10. The first-order valence-electron chi connectivity index (χ1n) is 7.74. The molecule has 134 valence electrons. The van der Waals surface area contributed by atoms with Crippen LogP contribution in [0.15, 0.2) is 60.7 Å². The number of hydrogen-bond acceptors (Lipinski definition) is 4. The lowest BCUT2D eigenvalue weighted by molar-refractivity contribution is -0.145. The molecule has 2 aromatic carbocycles. The highest BCUT2D eigenvalue weighted by atomic mass is 19.1. The fourth-order valence-electron chi connectivity index (χ4n) is 1.86. The second kappa shape index (κ2) is 9.88. The molecule has 2 rings (SSSR count). The van der Waals surface area contributed by atoms with E-state index in [1.54, 1.807) is 0 Å². The molecule has 0 aliphatic rings. The van der Waals surface area contributed by atoms with Gasteiger partial charge in [0.1, 0.15) is 24.8 Å². The molecule has 0 spiro atoms. The summed E-state index contributed by atoms with van der Waals surface area (Å²) in [6.45, 7) is -0.189. The third-order valence-corrected chi connectivity index (χ3v) is 3.14. The predicted octanol–water partition coefficient (Wildman–Crippen LogP) is 3.78. The second-order valence-electron chi connectivity index (χ2n) is 5.10. The van der Waals surface area contributed by atoms with Gasteiger partial charge in [0.15, 0.2) is 0 Å². The lowest BCUT2D eigenvalue weighted by Crippen LogP contribution is -2.11. The van der Waals surface area contributed by atoms with Crippen molar-refractivity contribution in [2.24, 2.45) is 0 Å². The van der Waals surface area contributed by atoms with E-state index in [1.807, 2.05) is 0 Å². The van der Waals surface area contributed by atoms with Crippen LogP contribution in [-0.4, -0.2) is 25.2 Å². The van der Waals surface area contributed by atoms with Crippen molar-refractivity contribution in [1.82, 2.24) is 0 Å². The lowest BCUT2D eigenvalue weighted by atomic mass is 10.2. The van der Waals surface area contributed by atoms with Crippen LogP contribution in [0.25, 0.3) is 12.2 Å². The first-order valence-corrected chi connectivity index (χ1v) is 7.74. The zero-order chi connectivity index (χ0) is 18.8. The van der Waals surface area contributed by atoms with E-state index >= 15 is 0 Å². The van der Waals surface area contributed by atoms with Gasteiger partial charge >= 0.3 is 11.9 Å². The van der Waals surface area contributed by atoms with E-state index in [9.17, 15) is 18.4 Å². The zero-order valence-corrected chi connectivity index (χ0v) is 13.7. The third-order valence-electron chi connectivity index (χ3n) is 3.14. The van der Waals surface area contributed by atoms with Gasteiger partial charge in [-0.15, -0.1) is 0 Å². The molecule has 0 radical (unpaired) electrons. The number of rotatable bonds is 7. The number of hydrogen-bond donors (Lipinski definition) is 0. The van der Waals surface area contributed by atoms with Crippen LogP contribution in [0.4, 0.5) is 8.78 Å². The smallest absolute Gasteiger partial charge is 0.330 e. The number of halogens is 2. The Labute approximate surface area is 149 Å². The van der Waals surface area contributed by atoms with E-state index < -0.39 is 11.9 Å². The fourth-order valence-corrected chi connectivity index (χ4v) is 1.86. The van der Waals surface area contributed by atoms with Crippen molar-refractivity contribution in [2.75, 3.05) is 13.2 Å². The molecule has 0 saturated heterocycles. The van der Waals surface area contributed by atoms with E-state index in [-0.39, 0.29) is 24.8 Å². The van der Waals surface area contributed by atoms with E-state index in [2.05, 4.69) is 0 Å². The summed E-state index contributed by atoms with van der Waals surface area (Å²) >= 11 is 0. The van der Waals surface area contributed by atoms with E-state index in [4.69, 9.17) is 9.47 Å². The van der Waals surface area contributed by atoms with Crippen LogP contribution < -0.4 is 0 Å². The van der Waals surface area contributed by atoms with Gasteiger partial charge in [-0.1, -0.05) is 24.3 Å². The Balaban J connectivity index is 1.66. The van der Waals surface area contributed by atoms with Crippen LogP contribution in [0.3, 0.4) is 0 Å². The normalized spacial score (nSPS) is 11.0. The van der Waals surface area contributed by atoms with Crippen LogP contribution in [0.1, 0.15) is 11.1 Å². The Hall–Kier alpha value is -3.28. The van der Waals surface area contributed by atoms with Gasteiger partial charge in [-0.05, 0) is 47.5 Å². The molecule has 0 saturated carbocycles. The molecule has 0 aliphatic carbocycles. The highest BCUT2D eigenvalue weighted by molar-refractivity contribution is 5.87. The molecule has 0 amide bonds. The minimum Gasteiger partial charge on any atom is -0.459 e. The van der Waals surface area contributed by atoms with E-state index in [0.29, 0.717) is 11.1 Å². The summed E-state index contributed by atoms with van der Waals surface area (Å²) in [5.41, 5.74) is 1.31. The highest BCUT2D eigenvalue weighted by Gasteiger charge is 2.00. The monoisotopic (exact) mass is 358 g/mol. The van der Waals surface area contributed by atoms with Crippen LogP contribution in [-0.2, 0) is 19.1 Å².